The Morgan fingerprint density at radius 3 is 2.79 bits per heavy atom. The van der Waals surface area contributed by atoms with Gasteiger partial charge in [0, 0.05) is 22.9 Å². The fraction of sp³-hybridized carbons (Fsp3) is 0.407. The van der Waals surface area contributed by atoms with Gasteiger partial charge in [0.25, 0.3) is 0 Å². The highest BCUT2D eigenvalue weighted by Gasteiger charge is 2.21. The van der Waals surface area contributed by atoms with E-state index in [1.165, 1.54) is 12.8 Å². The topological polar surface area (TPSA) is 101 Å². The van der Waals surface area contributed by atoms with E-state index in [9.17, 15) is 14.8 Å². The zero-order valence-electron chi connectivity index (χ0n) is 19.5. The molecule has 4 rings (SSSR count). The lowest BCUT2D eigenvalue weighted by molar-refractivity contribution is -0.133. The number of hydrogen-bond donors (Lipinski definition) is 3. The Labute approximate surface area is 199 Å². The van der Waals surface area contributed by atoms with Crippen LogP contribution in [0, 0.1) is 12.8 Å². The molecule has 1 aliphatic heterocycles. The van der Waals surface area contributed by atoms with E-state index >= 15 is 0 Å². The Kier molecular flexibility index (Phi) is 7.98. The summed E-state index contributed by atoms with van der Waals surface area (Å²) in [6.07, 6.45) is 4.75. The van der Waals surface area contributed by atoms with E-state index in [-0.39, 0.29) is 6.42 Å². The van der Waals surface area contributed by atoms with E-state index in [1.54, 1.807) is 17.6 Å². The van der Waals surface area contributed by atoms with Gasteiger partial charge in [-0.2, -0.15) is 0 Å². The lowest BCUT2D eigenvalue weighted by Gasteiger charge is -2.15. The number of nitrogens with one attached hydrogen (secondary N) is 2. The third-order valence-electron chi connectivity index (χ3n) is 6.51. The minimum absolute atomic E-state index is 0.189. The Balaban J connectivity index is 1.36. The lowest BCUT2D eigenvalue weighted by atomic mass is 9.92. The predicted octanol–water partition coefficient (Wildman–Crippen LogP) is 3.92. The number of ether oxygens (including phenoxy) is 1. The minimum atomic E-state index is -0.565. The quantitative estimate of drug-likeness (QED) is 0.239. The van der Waals surface area contributed by atoms with Gasteiger partial charge in [0.1, 0.15) is 11.3 Å². The van der Waals surface area contributed by atoms with Crippen LogP contribution < -0.4 is 21.2 Å². The summed E-state index contributed by atoms with van der Waals surface area (Å²) in [5.41, 5.74) is 4.34. The molecule has 1 aromatic heterocycles. The molecule has 1 aliphatic rings. The molecule has 0 bridgehead atoms. The van der Waals surface area contributed by atoms with Gasteiger partial charge in [0.05, 0.1) is 6.61 Å². The standard InChI is InChI=1S/C27H32N2O5/c1-18-4-11-25-21(15-18)17-22(27(31)34-25)16-20(26(30)29-32)8-5-19-6-9-24(10-7-19)33-14-12-23-3-2-13-28-23/h4,6-7,9-11,15,17,20,23,28,32H,2-3,5,8,12-14,16H2,1H3,(H,29,30). The van der Waals surface area contributed by atoms with Crippen LogP contribution in [0.5, 0.6) is 5.75 Å². The van der Waals surface area contributed by atoms with E-state index < -0.39 is 17.5 Å². The maximum absolute atomic E-state index is 12.5. The Bertz CT molecular complexity index is 1170. The number of amides is 1. The third kappa shape index (κ3) is 6.24. The average Bonchev–Trinajstić information content (AvgIpc) is 3.36. The van der Waals surface area contributed by atoms with Gasteiger partial charge in [-0.1, -0.05) is 23.8 Å². The lowest BCUT2D eigenvalue weighted by Crippen LogP contribution is -2.31. The van der Waals surface area contributed by atoms with Gasteiger partial charge < -0.3 is 14.5 Å². The van der Waals surface area contributed by atoms with E-state index in [2.05, 4.69) is 5.32 Å². The number of carbonyl (C=O) groups is 1. The SMILES string of the molecule is Cc1ccc2oc(=O)c(CC(CCc3ccc(OCCC4CCCN4)cc3)C(=O)NO)cc2c1. The van der Waals surface area contributed by atoms with Crippen molar-refractivity contribution in [3.63, 3.8) is 0 Å². The molecular formula is C27H32N2O5. The van der Waals surface area contributed by atoms with Crippen LogP contribution in [0.3, 0.4) is 0 Å². The first kappa shape index (κ1) is 24.0. The van der Waals surface area contributed by atoms with Crippen molar-refractivity contribution in [1.82, 2.24) is 10.8 Å². The highest BCUT2D eigenvalue weighted by molar-refractivity contribution is 5.79. The maximum Gasteiger partial charge on any atom is 0.339 e. The minimum Gasteiger partial charge on any atom is -0.494 e. The number of carbonyl (C=O) groups excluding carboxylic acids is 1. The first-order valence-corrected chi connectivity index (χ1v) is 11.9. The summed E-state index contributed by atoms with van der Waals surface area (Å²) >= 11 is 0. The van der Waals surface area contributed by atoms with Crippen molar-refractivity contribution in [1.29, 1.82) is 0 Å². The van der Waals surface area contributed by atoms with Crippen LogP contribution in [0.4, 0.5) is 0 Å². The molecule has 34 heavy (non-hydrogen) atoms. The predicted molar refractivity (Wildman–Crippen MR) is 130 cm³/mol. The molecule has 3 aromatic rings. The summed E-state index contributed by atoms with van der Waals surface area (Å²) < 4.78 is 11.3. The normalized spacial score (nSPS) is 16.5. The number of fused-ring (bicyclic) bond motifs is 1. The van der Waals surface area contributed by atoms with Gasteiger partial charge in [-0.05, 0) is 87.9 Å². The second kappa shape index (κ2) is 11.3. The number of aryl methyl sites for hydroxylation is 2. The molecule has 0 radical (unpaired) electrons. The fourth-order valence-corrected chi connectivity index (χ4v) is 4.53. The average molecular weight is 465 g/mol. The first-order chi connectivity index (χ1) is 16.5. The molecule has 0 aliphatic carbocycles. The van der Waals surface area contributed by atoms with Gasteiger partial charge in [-0.3, -0.25) is 10.0 Å². The Hall–Kier alpha value is -3.16. The first-order valence-electron chi connectivity index (χ1n) is 11.9. The third-order valence-corrected chi connectivity index (χ3v) is 6.51. The molecular weight excluding hydrogens is 432 g/mol. The molecule has 180 valence electrons. The van der Waals surface area contributed by atoms with Crippen molar-refractivity contribution in [3.05, 3.63) is 75.6 Å². The van der Waals surface area contributed by atoms with Crippen molar-refractivity contribution >= 4 is 16.9 Å². The molecule has 7 nitrogen and oxygen atoms in total. The van der Waals surface area contributed by atoms with Gasteiger partial charge in [-0.25, -0.2) is 10.3 Å². The number of hydroxylamine groups is 1. The van der Waals surface area contributed by atoms with Gasteiger partial charge in [-0.15, -0.1) is 0 Å². The largest absolute Gasteiger partial charge is 0.494 e. The van der Waals surface area contributed by atoms with Gasteiger partial charge in [0.2, 0.25) is 5.91 Å². The zero-order valence-corrected chi connectivity index (χ0v) is 19.5. The summed E-state index contributed by atoms with van der Waals surface area (Å²) in [6, 6.07) is 15.8. The summed E-state index contributed by atoms with van der Waals surface area (Å²) in [7, 11) is 0. The van der Waals surface area contributed by atoms with E-state index in [0.29, 0.717) is 36.6 Å². The summed E-state index contributed by atoms with van der Waals surface area (Å²) in [5.74, 6) is -0.246. The molecule has 3 N–H and O–H groups in total. The second-order valence-electron chi connectivity index (χ2n) is 9.09. The van der Waals surface area contributed by atoms with Crippen molar-refractivity contribution in [2.24, 2.45) is 5.92 Å². The Morgan fingerprint density at radius 1 is 1.24 bits per heavy atom. The number of benzene rings is 2. The molecule has 0 spiro atoms. The van der Waals surface area contributed by atoms with Crippen LogP contribution in [-0.2, 0) is 17.6 Å². The van der Waals surface area contributed by atoms with Crippen LogP contribution >= 0.6 is 0 Å². The van der Waals surface area contributed by atoms with Crippen LogP contribution in [0.25, 0.3) is 11.0 Å². The summed E-state index contributed by atoms with van der Waals surface area (Å²) in [6.45, 7) is 3.75. The van der Waals surface area contributed by atoms with Gasteiger partial charge >= 0.3 is 5.63 Å². The van der Waals surface area contributed by atoms with Crippen LogP contribution in [-0.4, -0.2) is 30.3 Å². The summed E-state index contributed by atoms with van der Waals surface area (Å²) in [5, 5.41) is 13.5. The smallest absolute Gasteiger partial charge is 0.339 e. The molecule has 1 amide bonds. The number of hydrogen-bond acceptors (Lipinski definition) is 6. The Morgan fingerprint density at radius 2 is 2.06 bits per heavy atom. The molecule has 2 unspecified atom stereocenters. The van der Waals surface area contributed by atoms with Crippen molar-refractivity contribution in [3.8, 4) is 5.75 Å². The van der Waals surface area contributed by atoms with Crippen LogP contribution in [0.2, 0.25) is 0 Å². The maximum atomic E-state index is 12.5. The number of rotatable bonds is 10. The second-order valence-corrected chi connectivity index (χ2v) is 9.09. The zero-order chi connectivity index (χ0) is 23.9. The van der Waals surface area contributed by atoms with Gasteiger partial charge in [0.15, 0.2) is 0 Å². The van der Waals surface area contributed by atoms with Crippen molar-refractivity contribution < 1.29 is 19.2 Å². The van der Waals surface area contributed by atoms with Crippen LogP contribution in [0.15, 0.2) is 57.7 Å². The molecule has 1 fully saturated rings. The van der Waals surface area contributed by atoms with Crippen LogP contribution in [0.1, 0.15) is 42.4 Å². The van der Waals surface area contributed by atoms with E-state index in [4.69, 9.17) is 9.15 Å². The molecule has 0 saturated carbocycles. The highest BCUT2D eigenvalue weighted by Crippen LogP contribution is 2.21. The fourth-order valence-electron chi connectivity index (χ4n) is 4.53. The molecule has 1 saturated heterocycles. The monoisotopic (exact) mass is 464 g/mol. The van der Waals surface area contributed by atoms with E-state index in [1.807, 2.05) is 43.3 Å². The molecule has 2 heterocycles. The highest BCUT2D eigenvalue weighted by atomic mass is 16.5. The summed E-state index contributed by atoms with van der Waals surface area (Å²) in [4.78, 5) is 24.8. The molecule has 2 atom stereocenters. The molecule has 2 aromatic carbocycles. The van der Waals surface area contributed by atoms with E-state index in [0.717, 1.165) is 35.2 Å². The van der Waals surface area contributed by atoms with Crippen molar-refractivity contribution in [2.75, 3.05) is 13.2 Å². The van der Waals surface area contributed by atoms with Crippen molar-refractivity contribution in [2.45, 2.75) is 51.5 Å². The molecule has 7 heteroatoms.